The molecule has 0 saturated heterocycles. The van der Waals surface area contributed by atoms with Gasteiger partial charge in [-0.15, -0.1) is 0 Å². The van der Waals surface area contributed by atoms with Gasteiger partial charge in [0.1, 0.15) is 0 Å². The molecular formula is C29H38FN3O2. The molecular weight excluding hydrogens is 441 g/mol. The van der Waals surface area contributed by atoms with Crippen LogP contribution in [-0.4, -0.2) is 39.0 Å². The van der Waals surface area contributed by atoms with Gasteiger partial charge < -0.3 is 9.84 Å². The van der Waals surface area contributed by atoms with Crippen molar-refractivity contribution in [3.8, 4) is 17.3 Å². The molecule has 1 fully saturated rings. The zero-order chi connectivity index (χ0) is 24.8. The second kappa shape index (κ2) is 11.8. The Morgan fingerprint density at radius 3 is 2.49 bits per heavy atom. The molecule has 3 aromatic rings. The van der Waals surface area contributed by atoms with Crippen molar-refractivity contribution in [2.45, 2.75) is 71.4 Å². The molecule has 1 N–H and O–H groups in total. The Morgan fingerprint density at radius 1 is 1.11 bits per heavy atom. The molecule has 1 atom stereocenters. The van der Waals surface area contributed by atoms with Crippen LogP contribution in [0.4, 0.5) is 4.39 Å². The molecule has 2 aromatic carbocycles. The van der Waals surface area contributed by atoms with E-state index in [1.807, 2.05) is 30.3 Å². The molecule has 1 heterocycles. The van der Waals surface area contributed by atoms with Crippen molar-refractivity contribution in [1.29, 1.82) is 0 Å². The summed E-state index contributed by atoms with van der Waals surface area (Å²) in [4.78, 5) is 2.34. The number of ether oxygens (including phenoxy) is 1. The van der Waals surface area contributed by atoms with Crippen molar-refractivity contribution in [3.63, 3.8) is 0 Å². The highest BCUT2D eigenvalue weighted by molar-refractivity contribution is 5.44. The van der Waals surface area contributed by atoms with Crippen LogP contribution in [0.15, 0.2) is 54.6 Å². The second-order valence-electron chi connectivity index (χ2n) is 10.0. The standard InChI is InChI=1S/C29H38FN3O2/c1-4-5-13-24(34)19-32(18-22-16-17-22)20-25-28(21(2)3)31-33(23-11-7-6-8-12-23)29(25)35-27-15-10-9-14-26(27)30/h6-12,14-15,21-22,24,34H,4-5,13,16-20H2,1-3H3. The number of aliphatic hydroxyl groups is 1. The van der Waals surface area contributed by atoms with Gasteiger partial charge in [-0.1, -0.05) is 63.9 Å². The third kappa shape index (κ3) is 6.71. The lowest BCUT2D eigenvalue weighted by Gasteiger charge is -2.26. The van der Waals surface area contributed by atoms with E-state index >= 15 is 0 Å². The average Bonchev–Trinajstić information content (AvgIpc) is 3.59. The Kier molecular flexibility index (Phi) is 8.58. The molecule has 4 rings (SSSR count). The zero-order valence-electron chi connectivity index (χ0n) is 21.2. The molecule has 6 heteroatoms. The van der Waals surface area contributed by atoms with E-state index in [0.29, 0.717) is 24.9 Å². The lowest BCUT2D eigenvalue weighted by atomic mass is 10.0. The van der Waals surface area contributed by atoms with Crippen LogP contribution in [0.25, 0.3) is 5.69 Å². The predicted molar refractivity (Wildman–Crippen MR) is 138 cm³/mol. The van der Waals surface area contributed by atoms with Crippen LogP contribution in [-0.2, 0) is 6.54 Å². The normalized spacial score (nSPS) is 14.6. The molecule has 0 bridgehead atoms. The maximum absolute atomic E-state index is 14.6. The second-order valence-corrected chi connectivity index (χ2v) is 10.0. The fourth-order valence-electron chi connectivity index (χ4n) is 4.47. The van der Waals surface area contributed by atoms with Gasteiger partial charge in [0.05, 0.1) is 23.0 Å². The number of hydrogen-bond donors (Lipinski definition) is 1. The van der Waals surface area contributed by atoms with Crippen LogP contribution in [0.3, 0.4) is 0 Å². The molecule has 0 amide bonds. The number of para-hydroxylation sites is 2. The highest BCUT2D eigenvalue weighted by atomic mass is 19.1. The third-order valence-corrected chi connectivity index (χ3v) is 6.51. The summed E-state index contributed by atoms with van der Waals surface area (Å²) in [5.74, 6) is 1.14. The van der Waals surface area contributed by atoms with E-state index in [2.05, 4.69) is 25.7 Å². The minimum atomic E-state index is -0.407. The van der Waals surface area contributed by atoms with Crippen molar-refractivity contribution in [2.24, 2.45) is 5.92 Å². The first kappa shape index (κ1) is 25.4. The largest absolute Gasteiger partial charge is 0.435 e. The maximum atomic E-state index is 14.6. The van der Waals surface area contributed by atoms with E-state index in [9.17, 15) is 9.50 Å². The summed E-state index contributed by atoms with van der Waals surface area (Å²) in [5, 5.41) is 15.7. The summed E-state index contributed by atoms with van der Waals surface area (Å²) < 4.78 is 22.7. The van der Waals surface area contributed by atoms with Crippen LogP contribution in [0.2, 0.25) is 0 Å². The number of hydrogen-bond acceptors (Lipinski definition) is 4. The highest BCUT2D eigenvalue weighted by Gasteiger charge is 2.29. The summed E-state index contributed by atoms with van der Waals surface area (Å²) >= 11 is 0. The van der Waals surface area contributed by atoms with Crippen molar-refractivity contribution in [3.05, 3.63) is 71.7 Å². The van der Waals surface area contributed by atoms with Gasteiger partial charge in [0.2, 0.25) is 5.88 Å². The molecule has 1 unspecified atom stereocenters. The Labute approximate surface area is 208 Å². The van der Waals surface area contributed by atoms with Gasteiger partial charge in [0.25, 0.3) is 0 Å². The number of aromatic nitrogens is 2. The zero-order valence-corrected chi connectivity index (χ0v) is 21.2. The Balaban J connectivity index is 1.74. The topological polar surface area (TPSA) is 50.5 Å². The van der Waals surface area contributed by atoms with E-state index in [1.54, 1.807) is 22.9 Å². The number of halogens is 1. The highest BCUT2D eigenvalue weighted by Crippen LogP contribution is 2.37. The van der Waals surface area contributed by atoms with E-state index in [-0.39, 0.29) is 17.8 Å². The Morgan fingerprint density at radius 2 is 1.83 bits per heavy atom. The van der Waals surface area contributed by atoms with Crippen LogP contribution in [0.1, 0.15) is 70.1 Å². The minimum Gasteiger partial charge on any atom is -0.435 e. The summed E-state index contributed by atoms with van der Waals surface area (Å²) in [6, 6.07) is 16.3. The van der Waals surface area contributed by atoms with Gasteiger partial charge in [-0.3, -0.25) is 4.90 Å². The van der Waals surface area contributed by atoms with Crippen molar-refractivity contribution in [1.82, 2.24) is 14.7 Å². The third-order valence-electron chi connectivity index (χ3n) is 6.51. The number of nitrogens with zero attached hydrogens (tertiary/aromatic N) is 3. The number of unbranched alkanes of at least 4 members (excludes halogenated alkanes) is 1. The van der Waals surface area contributed by atoms with E-state index in [0.717, 1.165) is 42.8 Å². The van der Waals surface area contributed by atoms with Gasteiger partial charge in [0.15, 0.2) is 11.6 Å². The maximum Gasteiger partial charge on any atom is 0.227 e. The van der Waals surface area contributed by atoms with Gasteiger partial charge in [-0.25, -0.2) is 9.07 Å². The first-order valence-corrected chi connectivity index (χ1v) is 13.0. The van der Waals surface area contributed by atoms with Crippen molar-refractivity contribution >= 4 is 0 Å². The molecule has 1 aliphatic carbocycles. The quantitative estimate of drug-likeness (QED) is 0.297. The summed E-state index contributed by atoms with van der Waals surface area (Å²) in [6.07, 6.45) is 5.00. The summed E-state index contributed by atoms with van der Waals surface area (Å²) in [5.41, 5.74) is 2.75. The monoisotopic (exact) mass is 479 g/mol. The molecule has 1 aliphatic rings. The van der Waals surface area contributed by atoms with Crippen molar-refractivity contribution in [2.75, 3.05) is 13.1 Å². The first-order valence-electron chi connectivity index (χ1n) is 13.0. The van der Waals surface area contributed by atoms with Crippen LogP contribution in [0.5, 0.6) is 11.6 Å². The smallest absolute Gasteiger partial charge is 0.227 e. The first-order chi connectivity index (χ1) is 17.0. The molecule has 1 aromatic heterocycles. The average molecular weight is 480 g/mol. The van der Waals surface area contributed by atoms with Crippen molar-refractivity contribution < 1.29 is 14.2 Å². The molecule has 0 aliphatic heterocycles. The van der Waals surface area contributed by atoms with E-state index in [4.69, 9.17) is 9.84 Å². The summed E-state index contributed by atoms with van der Waals surface area (Å²) in [6.45, 7) is 8.54. The molecule has 0 spiro atoms. The molecule has 35 heavy (non-hydrogen) atoms. The minimum absolute atomic E-state index is 0.158. The Hall–Kier alpha value is -2.70. The summed E-state index contributed by atoms with van der Waals surface area (Å²) in [7, 11) is 0. The van der Waals surface area contributed by atoms with Crippen LogP contribution < -0.4 is 4.74 Å². The fourth-order valence-corrected chi connectivity index (χ4v) is 4.47. The SMILES string of the molecule is CCCCC(O)CN(Cc1c(C(C)C)nn(-c2ccccc2)c1Oc1ccccc1F)CC1CC1. The van der Waals surface area contributed by atoms with E-state index < -0.39 is 5.82 Å². The molecule has 188 valence electrons. The lowest BCUT2D eigenvalue weighted by Crippen LogP contribution is -2.34. The molecule has 5 nitrogen and oxygen atoms in total. The number of rotatable bonds is 13. The molecule has 0 radical (unpaired) electrons. The van der Waals surface area contributed by atoms with Crippen LogP contribution >= 0.6 is 0 Å². The number of aliphatic hydroxyl groups excluding tert-OH is 1. The van der Waals surface area contributed by atoms with Crippen LogP contribution in [0, 0.1) is 11.7 Å². The van der Waals surface area contributed by atoms with Gasteiger partial charge in [0, 0.05) is 19.6 Å². The van der Waals surface area contributed by atoms with E-state index in [1.165, 1.54) is 18.9 Å². The van der Waals surface area contributed by atoms with Gasteiger partial charge >= 0.3 is 0 Å². The van der Waals surface area contributed by atoms with Gasteiger partial charge in [-0.05, 0) is 55.4 Å². The van der Waals surface area contributed by atoms with Gasteiger partial charge in [-0.2, -0.15) is 5.10 Å². The molecule has 1 saturated carbocycles. The fraction of sp³-hybridized carbons (Fsp3) is 0.483. The predicted octanol–water partition coefficient (Wildman–Crippen LogP) is 6.69. The number of benzene rings is 2. The lowest BCUT2D eigenvalue weighted by molar-refractivity contribution is 0.0964. The Bertz CT molecular complexity index is 1080.